The number of morpholine rings is 2. The van der Waals surface area contributed by atoms with Gasteiger partial charge in [0.1, 0.15) is 37.4 Å². The fourth-order valence-electron chi connectivity index (χ4n) is 14.2. The predicted molar refractivity (Wildman–Crippen MR) is 473 cm³/mol. The highest BCUT2D eigenvalue weighted by atomic mass is 79.9. The number of aliphatic hydroxyl groups is 1. The van der Waals surface area contributed by atoms with Gasteiger partial charge in [0, 0.05) is 118 Å². The van der Waals surface area contributed by atoms with Gasteiger partial charge in [0.2, 0.25) is 11.2 Å². The van der Waals surface area contributed by atoms with Gasteiger partial charge < -0.3 is 64.7 Å². The second-order valence-corrected chi connectivity index (χ2v) is 38.9. The van der Waals surface area contributed by atoms with Gasteiger partial charge in [0.05, 0.1) is 77.2 Å². The van der Waals surface area contributed by atoms with Crippen molar-refractivity contribution < 1.29 is 46.2 Å². The van der Waals surface area contributed by atoms with Crippen LogP contribution < -0.4 is 51.6 Å². The van der Waals surface area contributed by atoms with Gasteiger partial charge in [-0.25, -0.2) is 9.97 Å². The standard InChI is InChI=1S/C37H46BrN6O3P.C19H18BrClN3OP.C18H29N3O2.C7H8O3S.C4H10O/c1-6-26-21-32(34(46-3)23-33(26)44-15-13-28(14-16-44)43-17-19-47-20-18-43)41-37-39-24-30(38)36(42-37)40-31-12-11-27(22-35(31)48(4,5)45)29-10-8-7-9-25(29)2;1-12-6-4-5-7-14(12)13-8-9-16(17(10-13)26(2,3)25)23-18-15(20)11-22-19(21)24-18;1-3-14-12-16(19)18(22-2)13-17(14)21-6-4-15(5-7-21)20-8-10-23-11-9-20;1-6-2-4-7(5-3-6)11(8,9)10;1-2-3-4-5/h7-12,21-24,28H,6,13-20H2,1-5H3,(H2,39,40,41,42);4-11H,1-3H3,(H,22,23,24);12-13,15H,3-11,19H2,1-2H3;2-5H,1H3,(H,8,9,10);5H,2-4H2,1H3. The van der Waals surface area contributed by atoms with E-state index in [2.05, 4.69) is 172 Å². The van der Waals surface area contributed by atoms with E-state index < -0.39 is 24.4 Å². The number of unbranched alkanes of at least 4 members (excludes halogenated alkanes) is 1. The van der Waals surface area contributed by atoms with E-state index in [0.717, 1.165) is 190 Å². The summed E-state index contributed by atoms with van der Waals surface area (Å²) in [5.74, 6) is 3.05. The summed E-state index contributed by atoms with van der Waals surface area (Å²) in [6, 6.07) is 44.2. The Bertz CT molecular complexity index is 4840. The maximum absolute atomic E-state index is 13.5. The lowest BCUT2D eigenvalue weighted by atomic mass is 10.00. The average Bonchev–Trinajstić information content (AvgIpc) is 0.800. The fourth-order valence-corrected chi connectivity index (χ4v) is 17.7. The molecule has 28 heteroatoms. The number of aryl methyl sites for hydroxylation is 5. The third-order valence-electron chi connectivity index (χ3n) is 20.4. The summed E-state index contributed by atoms with van der Waals surface area (Å²) in [6.07, 6.45) is 12.0. The van der Waals surface area contributed by atoms with Crippen LogP contribution in [-0.4, -0.2) is 186 Å². The molecule has 7 aromatic carbocycles. The number of hydrogen-bond acceptors (Lipinski definition) is 21. The normalized spacial score (nSPS) is 15.2. The molecule has 0 bridgehead atoms. The van der Waals surface area contributed by atoms with E-state index in [4.69, 9.17) is 50.9 Å². The summed E-state index contributed by atoms with van der Waals surface area (Å²) >= 11 is 12.9. The largest absolute Gasteiger partial charge is 0.495 e. The first kappa shape index (κ1) is 89.5. The third-order valence-corrected chi connectivity index (χ3v) is 25.7. The van der Waals surface area contributed by atoms with Crippen molar-refractivity contribution in [1.82, 2.24) is 29.7 Å². The van der Waals surface area contributed by atoms with E-state index in [0.29, 0.717) is 45.2 Å². The van der Waals surface area contributed by atoms with Crippen molar-refractivity contribution in [2.45, 2.75) is 110 Å². The van der Waals surface area contributed by atoms with Crippen LogP contribution in [0.2, 0.25) is 5.28 Å². The highest BCUT2D eigenvalue weighted by molar-refractivity contribution is 9.11. The molecular weight excluding hydrogens is 1640 g/mol. The second kappa shape index (κ2) is 42.4. The first-order valence-electron chi connectivity index (χ1n) is 38.5. The highest BCUT2D eigenvalue weighted by Crippen LogP contribution is 2.44. The molecule has 6 heterocycles. The van der Waals surface area contributed by atoms with E-state index in [1.165, 1.54) is 58.6 Å². The molecule has 0 radical (unpaired) electrons. The van der Waals surface area contributed by atoms with Gasteiger partial charge in [-0.1, -0.05) is 106 Å². The van der Waals surface area contributed by atoms with E-state index in [9.17, 15) is 17.5 Å². The minimum absolute atomic E-state index is 0.0666. The Balaban J connectivity index is 0.000000189. The average molecular weight is 1750 g/mol. The number of methoxy groups -OCH3 is 2. The lowest BCUT2D eigenvalue weighted by Gasteiger charge is -2.41. The van der Waals surface area contributed by atoms with Crippen molar-refractivity contribution in [2.24, 2.45) is 0 Å². The molecule has 9 aromatic rings. The van der Waals surface area contributed by atoms with Crippen molar-refractivity contribution in [1.29, 1.82) is 0 Å². The molecular formula is C85H111Br2ClN12O10P2S. The van der Waals surface area contributed by atoms with Crippen LogP contribution in [0.4, 0.5) is 51.7 Å². The quantitative estimate of drug-likeness (QED) is 0.0169. The van der Waals surface area contributed by atoms with E-state index >= 15 is 0 Å². The van der Waals surface area contributed by atoms with Crippen molar-refractivity contribution in [3.8, 4) is 33.8 Å². The summed E-state index contributed by atoms with van der Waals surface area (Å²) < 4.78 is 79.8. The fraction of sp³-hybridized carbons (Fsp3) is 0.412. The number of benzene rings is 7. The molecule has 4 aliphatic rings. The first-order chi connectivity index (χ1) is 54.0. The van der Waals surface area contributed by atoms with Crippen molar-refractivity contribution in [2.75, 3.05) is 158 Å². The number of ether oxygens (including phenoxy) is 4. The summed E-state index contributed by atoms with van der Waals surface area (Å²) in [6.45, 7) is 31.8. The van der Waals surface area contributed by atoms with Gasteiger partial charge in [-0.05, 0) is 229 Å². The molecule has 7 N–H and O–H groups in total. The SMILES string of the molecule is CCCCO.CCc1cc(N)c(OC)cc1N1CCC(N2CCOCC2)CC1.CCc1cc(Nc2ncc(Br)c(Nc3ccc(-c4ccccc4C)cc3P(C)(C)=O)n2)c(OC)cc1N1CCC(N2CCOCC2)CC1.Cc1ccc(S(=O)(=O)O)cc1.Cc1ccccc1-c1ccc(Nc2nc(Cl)ncc2Br)c(P(C)(C)=O)c1. The number of halogens is 3. The van der Waals surface area contributed by atoms with Gasteiger partial charge in [0.15, 0.2) is 0 Å². The van der Waals surface area contributed by atoms with E-state index in [1.807, 2.05) is 61.5 Å². The number of rotatable bonds is 21. The van der Waals surface area contributed by atoms with Gasteiger partial charge in [-0.15, -0.1) is 0 Å². The van der Waals surface area contributed by atoms with Crippen LogP contribution in [-0.2, 0) is 41.6 Å². The number of nitrogens with two attached hydrogens (primary N) is 1. The Labute approximate surface area is 690 Å². The minimum atomic E-state index is -4.02. The van der Waals surface area contributed by atoms with Gasteiger partial charge in [-0.3, -0.25) is 14.4 Å². The number of nitrogens with one attached hydrogen (secondary N) is 3. The van der Waals surface area contributed by atoms with E-state index in [-0.39, 0.29) is 10.2 Å². The maximum atomic E-state index is 13.5. The topological polar surface area (TPSA) is 272 Å². The lowest BCUT2D eigenvalue weighted by Crippen LogP contribution is -2.49. The zero-order valence-corrected chi connectivity index (χ0v) is 73.6. The monoisotopic (exact) mass is 1750 g/mol. The summed E-state index contributed by atoms with van der Waals surface area (Å²) in [5.41, 5.74) is 21.8. The molecule has 22 nitrogen and oxygen atoms in total. The van der Waals surface area contributed by atoms with Crippen LogP contribution in [0.25, 0.3) is 22.3 Å². The number of piperidine rings is 2. The van der Waals surface area contributed by atoms with Crippen LogP contribution in [0, 0.1) is 20.8 Å². The number of hydrogen-bond donors (Lipinski definition) is 6. The highest BCUT2D eigenvalue weighted by Gasteiger charge is 2.30. The zero-order chi connectivity index (χ0) is 81.6. The Morgan fingerprint density at radius 3 is 1.43 bits per heavy atom. The second-order valence-electron chi connectivity index (χ2n) is 29.1. The molecule has 4 fully saturated rings. The van der Waals surface area contributed by atoms with Gasteiger partial charge in [-0.2, -0.15) is 18.4 Å². The predicted octanol–water partition coefficient (Wildman–Crippen LogP) is 17.8. The van der Waals surface area contributed by atoms with Crippen LogP contribution >= 0.6 is 57.7 Å². The van der Waals surface area contributed by atoms with Crippen LogP contribution in [0.1, 0.15) is 87.1 Å². The van der Waals surface area contributed by atoms with Crippen LogP contribution in [0.15, 0.2) is 160 Å². The molecule has 4 saturated heterocycles. The summed E-state index contributed by atoms with van der Waals surface area (Å²) in [5, 5.41) is 19.8. The Hall–Kier alpha value is -7.48. The number of nitrogens with zero attached hydrogens (tertiary/aromatic N) is 8. The summed E-state index contributed by atoms with van der Waals surface area (Å²) in [7, 11) is -5.82. The third kappa shape index (κ3) is 25.3. The first-order valence-corrected chi connectivity index (χ1v) is 47.1. The Morgan fingerprint density at radius 1 is 0.575 bits per heavy atom. The molecule has 608 valence electrons. The molecule has 0 aliphatic carbocycles. The van der Waals surface area contributed by atoms with Crippen molar-refractivity contribution in [3.05, 3.63) is 188 Å². The molecule has 0 saturated carbocycles. The smallest absolute Gasteiger partial charge is 0.294 e. The lowest BCUT2D eigenvalue weighted by molar-refractivity contribution is 0.0115. The molecule has 0 atom stereocenters. The molecule has 4 aliphatic heterocycles. The minimum Gasteiger partial charge on any atom is -0.495 e. The van der Waals surface area contributed by atoms with Crippen molar-refractivity contribution >= 4 is 130 Å². The number of anilines is 9. The van der Waals surface area contributed by atoms with Crippen molar-refractivity contribution in [3.63, 3.8) is 0 Å². The number of aliphatic hydroxyl groups excluding tert-OH is 1. The molecule has 2 aromatic heterocycles. The summed E-state index contributed by atoms with van der Waals surface area (Å²) in [4.78, 5) is 27.6. The Morgan fingerprint density at radius 2 is 1.02 bits per heavy atom. The van der Waals surface area contributed by atoms with Crippen LogP contribution in [0.3, 0.4) is 0 Å². The van der Waals surface area contributed by atoms with Gasteiger partial charge in [0.25, 0.3) is 10.1 Å². The van der Waals surface area contributed by atoms with Crippen LogP contribution in [0.5, 0.6) is 11.5 Å². The molecule has 0 spiro atoms. The van der Waals surface area contributed by atoms with Gasteiger partial charge >= 0.3 is 0 Å². The zero-order valence-electron chi connectivity index (χ0n) is 67.1. The number of nitrogen functional groups attached to an aromatic ring is 1. The molecule has 0 unspecified atom stereocenters. The number of aromatic nitrogens is 4. The van der Waals surface area contributed by atoms with E-state index in [1.54, 1.807) is 65.4 Å². The molecule has 13 rings (SSSR count). The molecule has 0 amide bonds. The Kier molecular flexibility index (Phi) is 33.6. The maximum Gasteiger partial charge on any atom is 0.294 e. The molecule has 113 heavy (non-hydrogen) atoms.